The third-order valence-electron chi connectivity index (χ3n) is 5.37. The fourth-order valence-corrected chi connectivity index (χ4v) is 3.93. The molecule has 2 amide bonds. The molecule has 2 fully saturated rings. The van der Waals surface area contributed by atoms with Crippen molar-refractivity contribution >= 4 is 11.8 Å². The number of hydrogen-bond donors (Lipinski definition) is 0. The van der Waals surface area contributed by atoms with Crippen molar-refractivity contribution in [2.24, 2.45) is 0 Å². The molecule has 0 N–H and O–H groups in total. The summed E-state index contributed by atoms with van der Waals surface area (Å²) in [6.07, 6.45) is 6.35. The Balaban J connectivity index is 1.91. The first-order valence-corrected chi connectivity index (χ1v) is 9.28. The smallest absolute Gasteiger partial charge is 0.250 e. The van der Waals surface area contributed by atoms with E-state index in [9.17, 15) is 9.59 Å². The Bertz CT molecular complexity index is 590. The fraction of sp³-hybridized carbons (Fsp3) is 0.600. The molecule has 130 valence electrons. The largest absolute Gasteiger partial charge is 0.328 e. The zero-order valence-corrected chi connectivity index (χ0v) is 14.8. The van der Waals surface area contributed by atoms with Crippen molar-refractivity contribution in [1.82, 2.24) is 9.80 Å². The minimum atomic E-state index is -0.445. The molecule has 0 bridgehead atoms. The van der Waals surface area contributed by atoms with E-state index in [1.54, 1.807) is 0 Å². The number of amides is 2. The molecule has 4 nitrogen and oxygen atoms in total. The van der Waals surface area contributed by atoms with Crippen molar-refractivity contribution in [2.45, 2.75) is 64.5 Å². The number of benzene rings is 1. The normalized spacial score (nSPS) is 22.5. The predicted molar refractivity (Wildman–Crippen MR) is 94.5 cm³/mol. The van der Waals surface area contributed by atoms with Crippen molar-refractivity contribution < 1.29 is 9.59 Å². The average molecular weight is 328 g/mol. The van der Waals surface area contributed by atoms with E-state index in [4.69, 9.17) is 0 Å². The summed E-state index contributed by atoms with van der Waals surface area (Å²) in [6.45, 7) is 5.08. The van der Waals surface area contributed by atoms with Gasteiger partial charge in [0.15, 0.2) is 0 Å². The van der Waals surface area contributed by atoms with E-state index in [-0.39, 0.29) is 24.4 Å². The summed E-state index contributed by atoms with van der Waals surface area (Å²) in [5, 5.41) is 0. The highest BCUT2D eigenvalue weighted by atomic mass is 16.2. The fourth-order valence-electron chi connectivity index (χ4n) is 3.93. The zero-order valence-electron chi connectivity index (χ0n) is 14.8. The maximum absolute atomic E-state index is 13.2. The van der Waals surface area contributed by atoms with Crippen LogP contribution >= 0.6 is 0 Å². The van der Waals surface area contributed by atoms with Crippen LogP contribution in [-0.2, 0) is 9.59 Å². The summed E-state index contributed by atoms with van der Waals surface area (Å²) in [5.74, 6) is 0.210. The molecule has 3 rings (SSSR count). The number of piperazine rings is 1. The molecule has 1 saturated heterocycles. The van der Waals surface area contributed by atoms with Crippen LogP contribution in [0.2, 0.25) is 0 Å². The lowest BCUT2D eigenvalue weighted by Gasteiger charge is -2.43. The first-order valence-electron chi connectivity index (χ1n) is 9.28. The summed E-state index contributed by atoms with van der Waals surface area (Å²) >= 11 is 0. The second-order valence-electron chi connectivity index (χ2n) is 7.16. The van der Waals surface area contributed by atoms with Crippen molar-refractivity contribution in [1.29, 1.82) is 0 Å². The number of nitrogens with zero attached hydrogens (tertiary/aromatic N) is 2. The Morgan fingerprint density at radius 1 is 1.08 bits per heavy atom. The standard InChI is InChI=1S/C20H28N2O2/c1-3-4-13-21-18(23)14-22(17-7-5-6-8-17)20(24)19(21)16-11-9-15(2)10-12-16/h9-12,17,19H,3-8,13-14H2,1-2H3. The molecular formula is C20H28N2O2. The van der Waals surface area contributed by atoms with Gasteiger partial charge in [-0.25, -0.2) is 0 Å². The Morgan fingerprint density at radius 3 is 2.38 bits per heavy atom. The highest BCUT2D eigenvalue weighted by Gasteiger charge is 2.42. The molecule has 4 heteroatoms. The van der Waals surface area contributed by atoms with Gasteiger partial charge >= 0.3 is 0 Å². The maximum Gasteiger partial charge on any atom is 0.250 e. The minimum Gasteiger partial charge on any atom is -0.328 e. The van der Waals surface area contributed by atoms with E-state index >= 15 is 0 Å². The molecule has 1 unspecified atom stereocenters. The van der Waals surface area contributed by atoms with E-state index in [1.807, 2.05) is 41.0 Å². The van der Waals surface area contributed by atoms with Crippen molar-refractivity contribution in [3.8, 4) is 0 Å². The lowest BCUT2D eigenvalue weighted by molar-refractivity contribution is -0.158. The molecule has 1 aromatic rings. The molecule has 0 aromatic heterocycles. The average Bonchev–Trinajstić information content (AvgIpc) is 3.10. The van der Waals surface area contributed by atoms with Gasteiger partial charge < -0.3 is 9.80 Å². The lowest BCUT2D eigenvalue weighted by Crippen LogP contribution is -2.58. The highest BCUT2D eigenvalue weighted by molar-refractivity contribution is 5.95. The first kappa shape index (κ1) is 17.0. The number of carbonyl (C=O) groups excluding carboxylic acids is 2. The van der Waals surface area contributed by atoms with Crippen molar-refractivity contribution in [3.05, 3.63) is 35.4 Å². The van der Waals surface area contributed by atoms with Gasteiger partial charge in [-0.2, -0.15) is 0 Å². The second kappa shape index (κ2) is 7.37. The third-order valence-corrected chi connectivity index (χ3v) is 5.37. The van der Waals surface area contributed by atoms with Crippen molar-refractivity contribution in [2.75, 3.05) is 13.1 Å². The molecular weight excluding hydrogens is 300 g/mol. The van der Waals surface area contributed by atoms with Gasteiger partial charge in [-0.3, -0.25) is 9.59 Å². The molecule has 1 aliphatic heterocycles. The van der Waals surface area contributed by atoms with Gasteiger partial charge in [-0.05, 0) is 31.7 Å². The van der Waals surface area contributed by atoms with Gasteiger partial charge in [0.1, 0.15) is 12.6 Å². The van der Waals surface area contributed by atoms with Crippen molar-refractivity contribution in [3.63, 3.8) is 0 Å². The van der Waals surface area contributed by atoms with E-state index < -0.39 is 6.04 Å². The van der Waals surface area contributed by atoms with Gasteiger partial charge in [0.05, 0.1) is 0 Å². The molecule has 0 radical (unpaired) electrons. The van der Waals surface area contributed by atoms with E-state index in [0.29, 0.717) is 6.54 Å². The van der Waals surface area contributed by atoms with Crippen LogP contribution in [0.1, 0.15) is 62.6 Å². The third kappa shape index (κ3) is 3.33. The van der Waals surface area contributed by atoms with E-state index in [2.05, 4.69) is 6.92 Å². The van der Waals surface area contributed by atoms with Crippen LogP contribution < -0.4 is 0 Å². The van der Waals surface area contributed by atoms with E-state index in [0.717, 1.165) is 44.1 Å². The number of hydrogen-bond acceptors (Lipinski definition) is 2. The summed E-state index contributed by atoms with van der Waals surface area (Å²) < 4.78 is 0. The molecule has 24 heavy (non-hydrogen) atoms. The van der Waals surface area contributed by atoms with Gasteiger partial charge in [-0.15, -0.1) is 0 Å². The number of aryl methyl sites for hydroxylation is 1. The molecule has 1 heterocycles. The molecule has 1 aliphatic carbocycles. The van der Waals surface area contributed by atoms with Crippen LogP contribution in [0.5, 0.6) is 0 Å². The van der Waals surface area contributed by atoms with Gasteiger partial charge in [0.25, 0.3) is 5.91 Å². The Labute approximate surface area is 144 Å². The van der Waals surface area contributed by atoms with Gasteiger partial charge in [0.2, 0.25) is 5.91 Å². The Morgan fingerprint density at radius 2 is 1.75 bits per heavy atom. The number of carbonyl (C=O) groups is 2. The summed E-state index contributed by atoms with van der Waals surface area (Å²) in [6, 6.07) is 7.87. The van der Waals surface area contributed by atoms with Gasteiger partial charge in [0, 0.05) is 12.6 Å². The van der Waals surface area contributed by atoms with Crippen LogP contribution in [0.4, 0.5) is 0 Å². The second-order valence-corrected chi connectivity index (χ2v) is 7.16. The monoisotopic (exact) mass is 328 g/mol. The quantitative estimate of drug-likeness (QED) is 0.830. The molecule has 2 aliphatic rings. The Kier molecular flexibility index (Phi) is 5.22. The lowest BCUT2D eigenvalue weighted by atomic mass is 9.98. The topological polar surface area (TPSA) is 40.6 Å². The number of unbranched alkanes of at least 4 members (excludes halogenated alkanes) is 1. The summed E-state index contributed by atoms with van der Waals surface area (Å²) in [4.78, 5) is 29.7. The highest BCUT2D eigenvalue weighted by Crippen LogP contribution is 2.33. The van der Waals surface area contributed by atoms with Crippen LogP contribution in [0.15, 0.2) is 24.3 Å². The van der Waals surface area contributed by atoms with Crippen LogP contribution in [0.25, 0.3) is 0 Å². The van der Waals surface area contributed by atoms with Crippen LogP contribution in [0, 0.1) is 6.92 Å². The summed E-state index contributed by atoms with van der Waals surface area (Å²) in [7, 11) is 0. The molecule has 1 aromatic carbocycles. The predicted octanol–water partition coefficient (Wildman–Crippen LogP) is 3.45. The van der Waals surface area contributed by atoms with E-state index in [1.165, 1.54) is 5.56 Å². The first-order chi connectivity index (χ1) is 11.6. The van der Waals surface area contributed by atoms with Crippen LogP contribution in [-0.4, -0.2) is 40.7 Å². The van der Waals surface area contributed by atoms with Crippen LogP contribution in [0.3, 0.4) is 0 Å². The zero-order chi connectivity index (χ0) is 17.1. The summed E-state index contributed by atoms with van der Waals surface area (Å²) in [5.41, 5.74) is 2.11. The Hall–Kier alpha value is -1.84. The SMILES string of the molecule is CCCCN1C(=O)CN(C2CCCC2)C(=O)C1c1ccc(C)cc1. The molecule has 1 saturated carbocycles. The number of rotatable bonds is 5. The molecule has 1 atom stereocenters. The molecule has 0 spiro atoms. The maximum atomic E-state index is 13.2. The van der Waals surface area contributed by atoms with Gasteiger partial charge in [-0.1, -0.05) is 56.0 Å². The minimum absolute atomic E-state index is 0.0977.